The van der Waals surface area contributed by atoms with Gasteiger partial charge in [0.25, 0.3) is 0 Å². The van der Waals surface area contributed by atoms with Gasteiger partial charge in [0.15, 0.2) is 0 Å². The third kappa shape index (κ3) is 2.89. The molecule has 0 saturated carbocycles. The summed E-state index contributed by atoms with van der Waals surface area (Å²) in [4.78, 5) is 13.1. The molecular formula is C12H18ClNO2. The molecule has 90 valence electrons. The second-order valence-electron chi connectivity index (χ2n) is 3.43. The Kier molecular flexibility index (Phi) is 5.89. The van der Waals surface area contributed by atoms with Gasteiger partial charge in [0.05, 0.1) is 5.56 Å². The highest BCUT2D eigenvalue weighted by Crippen LogP contribution is 2.22. The van der Waals surface area contributed by atoms with Crippen LogP contribution in [0.25, 0.3) is 0 Å². The molecule has 4 heteroatoms. The number of nitrogens with zero attached hydrogens (tertiary/aromatic N) is 1. The predicted octanol–water partition coefficient (Wildman–Crippen LogP) is 2.96. The van der Waals surface area contributed by atoms with Crippen molar-refractivity contribution in [3.63, 3.8) is 0 Å². The van der Waals surface area contributed by atoms with Crippen molar-refractivity contribution in [1.82, 2.24) is 0 Å². The van der Waals surface area contributed by atoms with Crippen LogP contribution < -0.4 is 4.90 Å². The summed E-state index contributed by atoms with van der Waals surface area (Å²) >= 11 is 0. The van der Waals surface area contributed by atoms with E-state index in [4.69, 9.17) is 5.11 Å². The molecule has 1 aromatic carbocycles. The highest BCUT2D eigenvalue weighted by atomic mass is 35.5. The number of carboxylic acid groups (broad SMARTS) is 1. The fourth-order valence-corrected chi connectivity index (χ4v) is 1.76. The summed E-state index contributed by atoms with van der Waals surface area (Å²) in [6.07, 6.45) is 0. The molecule has 0 amide bonds. The van der Waals surface area contributed by atoms with Crippen molar-refractivity contribution in [1.29, 1.82) is 0 Å². The largest absolute Gasteiger partial charge is 0.478 e. The van der Waals surface area contributed by atoms with Gasteiger partial charge in [0.1, 0.15) is 0 Å². The standard InChI is InChI=1S/C12H17NO2.ClH/c1-4-13(5-2)11-8-6-7-10(9(11)3)12(14)15;/h6-8H,4-5H2,1-3H3,(H,14,15);1H. The van der Waals surface area contributed by atoms with E-state index in [0.29, 0.717) is 5.56 Å². The average molecular weight is 244 g/mol. The Hall–Kier alpha value is -1.22. The van der Waals surface area contributed by atoms with Crippen LogP contribution in [0.2, 0.25) is 0 Å². The van der Waals surface area contributed by atoms with E-state index in [2.05, 4.69) is 18.7 Å². The van der Waals surface area contributed by atoms with Crippen molar-refractivity contribution < 1.29 is 9.90 Å². The Morgan fingerprint density at radius 2 is 1.88 bits per heavy atom. The Labute approximate surface area is 102 Å². The molecule has 16 heavy (non-hydrogen) atoms. The molecule has 1 rings (SSSR count). The SMILES string of the molecule is CCN(CC)c1cccc(C(=O)O)c1C.Cl. The number of hydrogen-bond acceptors (Lipinski definition) is 2. The molecule has 0 aliphatic carbocycles. The molecule has 0 heterocycles. The minimum Gasteiger partial charge on any atom is -0.478 e. The predicted molar refractivity (Wildman–Crippen MR) is 68.9 cm³/mol. The van der Waals surface area contributed by atoms with Crippen LogP contribution >= 0.6 is 12.4 Å². The molecule has 1 N–H and O–H groups in total. The lowest BCUT2D eigenvalue weighted by atomic mass is 10.1. The topological polar surface area (TPSA) is 40.5 Å². The minimum atomic E-state index is -0.860. The van der Waals surface area contributed by atoms with Crippen molar-refractivity contribution in [2.45, 2.75) is 20.8 Å². The quantitative estimate of drug-likeness (QED) is 0.884. The van der Waals surface area contributed by atoms with E-state index in [1.54, 1.807) is 12.1 Å². The fourth-order valence-electron chi connectivity index (χ4n) is 1.76. The normalized spacial score (nSPS) is 9.44. The van der Waals surface area contributed by atoms with Crippen molar-refractivity contribution >= 4 is 24.1 Å². The molecule has 3 nitrogen and oxygen atoms in total. The highest BCUT2D eigenvalue weighted by Gasteiger charge is 2.12. The van der Waals surface area contributed by atoms with E-state index >= 15 is 0 Å². The zero-order valence-electron chi connectivity index (χ0n) is 9.86. The molecule has 0 radical (unpaired) electrons. The van der Waals surface area contributed by atoms with Gasteiger partial charge in [-0.15, -0.1) is 12.4 Å². The molecule has 0 saturated heterocycles. The summed E-state index contributed by atoms with van der Waals surface area (Å²) in [7, 11) is 0. The molecular weight excluding hydrogens is 226 g/mol. The van der Waals surface area contributed by atoms with Crippen molar-refractivity contribution in [2.75, 3.05) is 18.0 Å². The van der Waals surface area contributed by atoms with Gasteiger partial charge in [-0.2, -0.15) is 0 Å². The molecule has 0 aliphatic heterocycles. The van der Waals surface area contributed by atoms with Crippen LogP contribution in [0.5, 0.6) is 0 Å². The van der Waals surface area contributed by atoms with Crippen LogP contribution in [0.15, 0.2) is 18.2 Å². The van der Waals surface area contributed by atoms with Crippen LogP contribution in [0.3, 0.4) is 0 Å². The Morgan fingerprint density at radius 1 is 1.31 bits per heavy atom. The van der Waals surface area contributed by atoms with Gasteiger partial charge in [-0.05, 0) is 38.5 Å². The summed E-state index contributed by atoms with van der Waals surface area (Å²) in [5.74, 6) is -0.860. The van der Waals surface area contributed by atoms with Crippen LogP contribution in [0.1, 0.15) is 29.8 Å². The Morgan fingerprint density at radius 3 is 2.31 bits per heavy atom. The first-order valence-electron chi connectivity index (χ1n) is 5.19. The second kappa shape index (κ2) is 6.38. The summed E-state index contributed by atoms with van der Waals surface area (Å²) in [5.41, 5.74) is 2.24. The van der Waals surface area contributed by atoms with E-state index in [1.807, 2.05) is 13.0 Å². The number of rotatable bonds is 4. The Bertz CT molecular complexity index is 362. The summed E-state index contributed by atoms with van der Waals surface area (Å²) in [5, 5.41) is 9.00. The van der Waals surface area contributed by atoms with E-state index in [-0.39, 0.29) is 12.4 Å². The van der Waals surface area contributed by atoms with Gasteiger partial charge >= 0.3 is 5.97 Å². The third-order valence-corrected chi connectivity index (χ3v) is 2.64. The number of aromatic carboxylic acids is 1. The number of carboxylic acids is 1. The van der Waals surface area contributed by atoms with E-state index in [0.717, 1.165) is 24.3 Å². The van der Waals surface area contributed by atoms with Crippen molar-refractivity contribution in [3.8, 4) is 0 Å². The first-order chi connectivity index (χ1) is 7.11. The van der Waals surface area contributed by atoms with Gasteiger partial charge in [-0.3, -0.25) is 0 Å². The van der Waals surface area contributed by atoms with Crippen LogP contribution in [0, 0.1) is 6.92 Å². The zero-order chi connectivity index (χ0) is 11.4. The lowest BCUT2D eigenvalue weighted by Crippen LogP contribution is -2.23. The number of carbonyl (C=O) groups is 1. The van der Waals surface area contributed by atoms with Gasteiger partial charge < -0.3 is 10.0 Å². The number of hydrogen-bond donors (Lipinski definition) is 1. The lowest BCUT2D eigenvalue weighted by molar-refractivity contribution is 0.0696. The molecule has 0 aliphatic rings. The smallest absolute Gasteiger partial charge is 0.336 e. The van der Waals surface area contributed by atoms with E-state index in [1.165, 1.54) is 0 Å². The first-order valence-corrected chi connectivity index (χ1v) is 5.19. The maximum Gasteiger partial charge on any atom is 0.336 e. The fraction of sp³-hybridized carbons (Fsp3) is 0.417. The maximum absolute atomic E-state index is 11.0. The molecule has 1 aromatic rings. The summed E-state index contributed by atoms with van der Waals surface area (Å²) in [6, 6.07) is 5.41. The van der Waals surface area contributed by atoms with Crippen molar-refractivity contribution in [2.24, 2.45) is 0 Å². The maximum atomic E-state index is 11.0. The molecule has 0 fully saturated rings. The Balaban J connectivity index is 0.00000225. The van der Waals surface area contributed by atoms with E-state index in [9.17, 15) is 4.79 Å². The molecule has 0 unspecified atom stereocenters. The van der Waals surface area contributed by atoms with Crippen LogP contribution in [0.4, 0.5) is 5.69 Å². The number of benzene rings is 1. The lowest BCUT2D eigenvalue weighted by Gasteiger charge is -2.23. The van der Waals surface area contributed by atoms with Crippen molar-refractivity contribution in [3.05, 3.63) is 29.3 Å². The number of halogens is 1. The highest BCUT2D eigenvalue weighted by molar-refractivity contribution is 5.91. The second-order valence-corrected chi connectivity index (χ2v) is 3.43. The monoisotopic (exact) mass is 243 g/mol. The summed E-state index contributed by atoms with van der Waals surface area (Å²) < 4.78 is 0. The third-order valence-electron chi connectivity index (χ3n) is 2.64. The first kappa shape index (κ1) is 14.8. The number of anilines is 1. The van der Waals surface area contributed by atoms with E-state index < -0.39 is 5.97 Å². The van der Waals surface area contributed by atoms with Gasteiger partial charge in [-0.25, -0.2) is 4.79 Å². The van der Waals surface area contributed by atoms with Crippen LogP contribution in [-0.2, 0) is 0 Å². The molecule has 0 atom stereocenters. The van der Waals surface area contributed by atoms with Gasteiger partial charge in [-0.1, -0.05) is 6.07 Å². The van der Waals surface area contributed by atoms with Gasteiger partial charge in [0, 0.05) is 18.8 Å². The summed E-state index contributed by atoms with van der Waals surface area (Å²) in [6.45, 7) is 7.77. The molecule has 0 bridgehead atoms. The zero-order valence-corrected chi connectivity index (χ0v) is 10.7. The van der Waals surface area contributed by atoms with Gasteiger partial charge in [0.2, 0.25) is 0 Å². The average Bonchev–Trinajstić information content (AvgIpc) is 2.21. The van der Waals surface area contributed by atoms with Crippen LogP contribution in [-0.4, -0.2) is 24.2 Å². The minimum absolute atomic E-state index is 0. The molecule has 0 spiro atoms. The molecule has 0 aromatic heterocycles.